The van der Waals surface area contributed by atoms with Crippen LogP contribution in [0.2, 0.25) is 0 Å². The van der Waals surface area contributed by atoms with Gasteiger partial charge in [0.25, 0.3) is 10.0 Å². The number of hydrogen-bond donors (Lipinski definition) is 1. The van der Waals surface area contributed by atoms with Crippen molar-refractivity contribution in [1.29, 1.82) is 0 Å². The third-order valence-corrected chi connectivity index (χ3v) is 8.84. The molecule has 0 radical (unpaired) electrons. The molecule has 1 fully saturated rings. The molecule has 0 unspecified atom stereocenters. The SMILES string of the molecule is O=C(Nc1ccc(-c2nccs2)cc1)C1CCN(S(=O)(=O)c2cccs2)CC1. The number of benzene rings is 1. The predicted molar refractivity (Wildman–Crippen MR) is 112 cm³/mol. The molecule has 1 aromatic carbocycles. The van der Waals surface area contributed by atoms with E-state index in [1.165, 1.54) is 15.6 Å². The van der Waals surface area contributed by atoms with Gasteiger partial charge in [-0.3, -0.25) is 4.79 Å². The van der Waals surface area contributed by atoms with Crippen LogP contribution in [-0.2, 0) is 14.8 Å². The van der Waals surface area contributed by atoms with Gasteiger partial charge in [0.2, 0.25) is 5.91 Å². The maximum atomic E-state index is 12.6. The second kappa shape index (κ2) is 8.12. The molecule has 3 heterocycles. The van der Waals surface area contributed by atoms with Crippen LogP contribution in [0.3, 0.4) is 0 Å². The summed E-state index contributed by atoms with van der Waals surface area (Å²) >= 11 is 2.79. The Balaban J connectivity index is 1.34. The van der Waals surface area contributed by atoms with Gasteiger partial charge in [-0.15, -0.1) is 22.7 Å². The van der Waals surface area contributed by atoms with Crippen LogP contribution in [0.25, 0.3) is 10.6 Å². The van der Waals surface area contributed by atoms with Gasteiger partial charge in [0.1, 0.15) is 9.22 Å². The zero-order chi connectivity index (χ0) is 19.6. The lowest BCUT2D eigenvalue weighted by Crippen LogP contribution is -2.41. The fraction of sp³-hybridized carbons (Fsp3) is 0.263. The van der Waals surface area contributed by atoms with Gasteiger partial charge in [-0.2, -0.15) is 4.31 Å². The average molecular weight is 434 g/mol. The van der Waals surface area contributed by atoms with Crippen LogP contribution in [0.1, 0.15) is 12.8 Å². The monoisotopic (exact) mass is 433 g/mol. The third kappa shape index (κ3) is 4.02. The lowest BCUT2D eigenvalue weighted by Gasteiger charge is -2.30. The number of sulfonamides is 1. The maximum Gasteiger partial charge on any atom is 0.252 e. The molecule has 0 bridgehead atoms. The van der Waals surface area contributed by atoms with Gasteiger partial charge in [-0.1, -0.05) is 6.07 Å². The highest BCUT2D eigenvalue weighted by molar-refractivity contribution is 7.91. The summed E-state index contributed by atoms with van der Waals surface area (Å²) < 4.78 is 27.0. The first-order valence-corrected chi connectivity index (χ1v) is 12.1. The fourth-order valence-electron chi connectivity index (χ4n) is 3.20. The Bertz CT molecular complexity index is 1020. The molecule has 0 aliphatic carbocycles. The fourth-order valence-corrected chi connectivity index (χ4v) is 6.46. The molecule has 0 spiro atoms. The predicted octanol–water partition coefficient (Wildman–Crippen LogP) is 3.91. The number of piperidine rings is 1. The second-order valence-corrected chi connectivity index (χ2v) is 10.5. The van der Waals surface area contributed by atoms with Crippen LogP contribution in [0, 0.1) is 5.92 Å². The molecule has 0 atom stereocenters. The molecule has 4 rings (SSSR count). The molecule has 1 aliphatic rings. The van der Waals surface area contributed by atoms with Crippen LogP contribution >= 0.6 is 22.7 Å². The normalized spacial score (nSPS) is 16.1. The highest BCUT2D eigenvalue weighted by Crippen LogP contribution is 2.28. The molecular weight excluding hydrogens is 414 g/mol. The van der Waals surface area contributed by atoms with E-state index in [-0.39, 0.29) is 11.8 Å². The first-order chi connectivity index (χ1) is 13.5. The van der Waals surface area contributed by atoms with Gasteiger partial charge in [0, 0.05) is 41.8 Å². The molecule has 3 aromatic rings. The van der Waals surface area contributed by atoms with Crippen molar-refractivity contribution in [3.63, 3.8) is 0 Å². The largest absolute Gasteiger partial charge is 0.326 e. The lowest BCUT2D eigenvalue weighted by molar-refractivity contribution is -0.120. The summed E-state index contributed by atoms with van der Waals surface area (Å²) in [6, 6.07) is 11.0. The average Bonchev–Trinajstić information content (AvgIpc) is 3.43. The molecule has 1 amide bonds. The molecule has 6 nitrogen and oxygen atoms in total. The molecule has 0 saturated carbocycles. The number of thiazole rings is 1. The standard InChI is InChI=1S/C19H19N3O3S3/c23-18(21-16-5-3-15(4-6-16)19-20-9-13-27-19)14-7-10-22(11-8-14)28(24,25)17-2-1-12-26-17/h1-6,9,12-14H,7-8,10-11H2,(H,21,23). The van der Waals surface area contributed by atoms with E-state index >= 15 is 0 Å². The van der Waals surface area contributed by atoms with Gasteiger partial charge >= 0.3 is 0 Å². The zero-order valence-electron chi connectivity index (χ0n) is 14.9. The van der Waals surface area contributed by atoms with Crippen LogP contribution < -0.4 is 5.32 Å². The van der Waals surface area contributed by atoms with Crippen molar-refractivity contribution in [3.8, 4) is 10.6 Å². The summed E-state index contributed by atoms with van der Waals surface area (Å²) in [6.07, 6.45) is 2.81. The van der Waals surface area contributed by atoms with Crippen molar-refractivity contribution in [2.24, 2.45) is 5.92 Å². The molecule has 146 valence electrons. The zero-order valence-corrected chi connectivity index (χ0v) is 17.4. The first-order valence-electron chi connectivity index (χ1n) is 8.88. The third-order valence-electron chi connectivity index (χ3n) is 4.75. The molecule has 2 aromatic heterocycles. The van der Waals surface area contributed by atoms with E-state index in [0.29, 0.717) is 30.1 Å². The summed E-state index contributed by atoms with van der Waals surface area (Å²) in [6.45, 7) is 0.725. The van der Waals surface area contributed by atoms with Gasteiger partial charge in [0.05, 0.1) is 0 Å². The smallest absolute Gasteiger partial charge is 0.252 e. The van der Waals surface area contributed by atoms with Crippen molar-refractivity contribution in [1.82, 2.24) is 9.29 Å². The van der Waals surface area contributed by atoms with E-state index in [9.17, 15) is 13.2 Å². The van der Waals surface area contributed by atoms with E-state index < -0.39 is 10.0 Å². The Labute approximate surface area is 171 Å². The second-order valence-electron chi connectivity index (χ2n) is 6.51. The van der Waals surface area contributed by atoms with Crippen molar-refractivity contribution in [2.75, 3.05) is 18.4 Å². The van der Waals surface area contributed by atoms with E-state index in [1.54, 1.807) is 35.0 Å². The number of aromatic nitrogens is 1. The van der Waals surface area contributed by atoms with E-state index in [4.69, 9.17) is 0 Å². The van der Waals surface area contributed by atoms with Gasteiger partial charge in [0.15, 0.2) is 0 Å². The van der Waals surface area contributed by atoms with Crippen molar-refractivity contribution in [3.05, 3.63) is 53.4 Å². The molecule has 28 heavy (non-hydrogen) atoms. The molecule has 9 heteroatoms. The number of anilines is 1. The van der Waals surface area contributed by atoms with Crippen LogP contribution in [0.15, 0.2) is 57.6 Å². The molecule has 1 saturated heterocycles. The number of nitrogens with one attached hydrogen (secondary N) is 1. The van der Waals surface area contributed by atoms with Crippen LogP contribution in [0.5, 0.6) is 0 Å². The minimum atomic E-state index is -3.44. The summed E-state index contributed by atoms with van der Waals surface area (Å²) in [4.78, 5) is 16.9. The van der Waals surface area contributed by atoms with Crippen molar-refractivity contribution >= 4 is 44.3 Å². The number of hydrogen-bond acceptors (Lipinski definition) is 6. The van der Waals surface area contributed by atoms with E-state index in [1.807, 2.05) is 29.6 Å². The van der Waals surface area contributed by atoms with E-state index in [2.05, 4.69) is 10.3 Å². The Hall–Kier alpha value is -2.07. The highest BCUT2D eigenvalue weighted by Gasteiger charge is 2.32. The first kappa shape index (κ1) is 19.3. The minimum absolute atomic E-state index is 0.0600. The summed E-state index contributed by atoms with van der Waals surface area (Å²) in [5.41, 5.74) is 1.75. The van der Waals surface area contributed by atoms with Crippen LogP contribution in [0.4, 0.5) is 5.69 Å². The van der Waals surface area contributed by atoms with Gasteiger partial charge in [-0.05, 0) is 48.6 Å². The summed E-state index contributed by atoms with van der Waals surface area (Å²) in [7, 11) is -3.44. The highest BCUT2D eigenvalue weighted by atomic mass is 32.2. The summed E-state index contributed by atoms with van der Waals surface area (Å²) in [5, 5.41) is 7.57. The van der Waals surface area contributed by atoms with E-state index in [0.717, 1.165) is 16.3 Å². The number of rotatable bonds is 5. The van der Waals surface area contributed by atoms with Crippen molar-refractivity contribution in [2.45, 2.75) is 17.1 Å². The molecule has 1 aliphatic heterocycles. The van der Waals surface area contributed by atoms with Gasteiger partial charge in [-0.25, -0.2) is 13.4 Å². The molecule has 1 N–H and O–H groups in total. The minimum Gasteiger partial charge on any atom is -0.326 e. The quantitative estimate of drug-likeness (QED) is 0.662. The number of nitrogens with zero attached hydrogens (tertiary/aromatic N) is 2. The number of carbonyl (C=O) groups is 1. The summed E-state index contributed by atoms with van der Waals surface area (Å²) in [5.74, 6) is -0.247. The topological polar surface area (TPSA) is 79.4 Å². The number of thiophene rings is 1. The lowest BCUT2D eigenvalue weighted by atomic mass is 9.97. The Morgan fingerprint density at radius 2 is 1.82 bits per heavy atom. The number of carbonyl (C=O) groups excluding carboxylic acids is 1. The Morgan fingerprint density at radius 1 is 1.07 bits per heavy atom. The Kier molecular flexibility index (Phi) is 5.58. The maximum absolute atomic E-state index is 12.6. The number of amides is 1. The molecular formula is C19H19N3O3S3. The van der Waals surface area contributed by atoms with Gasteiger partial charge < -0.3 is 5.32 Å². The van der Waals surface area contributed by atoms with Crippen LogP contribution in [-0.4, -0.2) is 36.7 Å². The Morgan fingerprint density at radius 3 is 2.43 bits per heavy atom. The van der Waals surface area contributed by atoms with Crippen molar-refractivity contribution < 1.29 is 13.2 Å².